The van der Waals surface area contributed by atoms with Crippen LogP contribution in [0.1, 0.15) is 116 Å². The average molecular weight is 1690 g/mol. The molecule has 3 aromatic heterocycles. The third-order valence-corrected chi connectivity index (χ3v) is 22.8. The summed E-state index contributed by atoms with van der Waals surface area (Å²) in [5, 5.41) is 38.6. The number of carboxylic acids is 1. The zero-order chi connectivity index (χ0) is 86.4. The van der Waals surface area contributed by atoms with Crippen LogP contribution >= 0.6 is 0 Å². The molecule has 8 aromatic rings. The number of nitrogens with one attached hydrogen (secondary N) is 1. The molecular formula is C85H113LiN16O20. The molecule has 7 aliphatic heterocycles. The number of hydrogen-bond donors (Lipinski definition) is 5. The fourth-order valence-corrected chi connectivity index (χ4v) is 16.0. The molecule has 5 aromatic carbocycles. The molecule has 3 atom stereocenters. The zero-order valence-corrected chi connectivity index (χ0v) is 71.6. The van der Waals surface area contributed by atoms with Crippen LogP contribution < -0.4 is 58.9 Å². The monoisotopic (exact) mass is 1680 g/mol. The van der Waals surface area contributed by atoms with E-state index in [0.717, 1.165) is 87.1 Å². The smallest absolute Gasteiger partial charge is 0.497 e. The minimum absolute atomic E-state index is 0. The summed E-state index contributed by atoms with van der Waals surface area (Å²) in [6.07, 6.45) is 6.80. The molecular weight excluding hydrogens is 1570 g/mol. The third-order valence-electron chi connectivity index (χ3n) is 22.8. The molecule has 37 heteroatoms. The van der Waals surface area contributed by atoms with Crippen molar-refractivity contribution in [3.63, 3.8) is 0 Å². The minimum Gasteiger partial charge on any atom is -0.497 e. The Labute approximate surface area is 720 Å². The predicted molar refractivity (Wildman–Crippen MR) is 444 cm³/mol. The molecule has 9 N–H and O–H groups in total. The van der Waals surface area contributed by atoms with Crippen LogP contribution in [0.25, 0.3) is 38.8 Å². The molecule has 36 nitrogen and oxygen atoms in total. The van der Waals surface area contributed by atoms with E-state index in [0.29, 0.717) is 150 Å². The Kier molecular flexibility index (Phi) is 35.8. The number of carbonyl (C=O) groups is 8. The molecule has 0 spiro atoms. The molecule has 15 rings (SSSR count). The number of methoxy groups -OCH3 is 7. The van der Waals surface area contributed by atoms with Crippen LogP contribution in [0.3, 0.4) is 0 Å². The number of nitrogen functional groups attached to an aromatic ring is 1. The maximum Gasteiger partial charge on any atom is 1.00 e. The van der Waals surface area contributed by atoms with Crippen molar-refractivity contribution in [1.29, 1.82) is 5.41 Å². The summed E-state index contributed by atoms with van der Waals surface area (Å²) in [6, 6.07) is 28.2. The number of esters is 1. The Morgan fingerprint density at radius 3 is 1.26 bits per heavy atom. The first kappa shape index (κ1) is 96.1. The number of likely N-dealkylation sites (tertiary alicyclic amines) is 6. The summed E-state index contributed by atoms with van der Waals surface area (Å²) in [4.78, 5) is 115. The van der Waals surface area contributed by atoms with E-state index in [4.69, 9.17) is 68.9 Å². The number of nitrogens with two attached hydrogens (primary N) is 2. The molecule has 7 saturated heterocycles. The van der Waals surface area contributed by atoms with Gasteiger partial charge in [0.25, 0.3) is 0 Å². The average Bonchev–Trinajstić information content (AvgIpc) is 1.96. The van der Waals surface area contributed by atoms with Crippen LogP contribution in [0.2, 0.25) is 0 Å². The SMILES string of the molecule is C1CCOC1.COC(=O)C1CCN(C(=O)C2CC(=O)N(Cc3ccc(OC)cc3OC)C2)CC1.COc1ccc(CN2CC(C(=O)N3CCC(C(=O)O)CC3)CC2=O)c(OC)c1.COc1ccc(CN2CC(C(=O)N3CCC(c4nc(-c5ccc6c(C)nn(C)c6c5)no4)CC3)CC2=O)c(OC)c1.Cc1nn(C)c2cc(C(=N)N)ccc12.N[N-]O.O.[Li+]. The number of carbonyl (C=O) groups excluding carboxylic acids is 7. The Morgan fingerprint density at radius 2 is 0.910 bits per heavy atom. The van der Waals surface area contributed by atoms with E-state index < -0.39 is 5.97 Å². The number of amidine groups is 1. The Morgan fingerprint density at radius 1 is 0.533 bits per heavy atom. The van der Waals surface area contributed by atoms with Crippen LogP contribution in [0.5, 0.6) is 34.5 Å². The number of ether oxygens (including phenoxy) is 8. The fraction of sp³-hybridized carbons (Fsp3) is 0.494. The van der Waals surface area contributed by atoms with Gasteiger partial charge in [0.15, 0.2) is 0 Å². The summed E-state index contributed by atoms with van der Waals surface area (Å²) in [5.74, 6) is 6.59. The number of aromatic nitrogens is 6. The Bertz CT molecular complexity index is 4910. The van der Waals surface area contributed by atoms with E-state index in [1.165, 1.54) is 20.0 Å². The molecule has 0 aliphatic carbocycles. The number of amides is 6. The second-order valence-electron chi connectivity index (χ2n) is 30.4. The van der Waals surface area contributed by atoms with E-state index in [2.05, 4.69) is 21.2 Å². The second kappa shape index (κ2) is 45.5. The topological polar surface area (TPSA) is 466 Å². The van der Waals surface area contributed by atoms with Crippen molar-refractivity contribution >= 4 is 75.0 Å². The summed E-state index contributed by atoms with van der Waals surface area (Å²) >= 11 is 0. The van der Waals surface area contributed by atoms with E-state index in [1.807, 2.05) is 116 Å². The molecule has 0 bridgehead atoms. The maximum atomic E-state index is 13.4. The second-order valence-corrected chi connectivity index (χ2v) is 30.4. The fourth-order valence-electron chi connectivity index (χ4n) is 16.0. The van der Waals surface area contributed by atoms with Gasteiger partial charge in [0.1, 0.15) is 40.3 Å². The maximum absolute atomic E-state index is 13.4. The van der Waals surface area contributed by atoms with Crippen molar-refractivity contribution < 1.29 is 115 Å². The largest absolute Gasteiger partial charge is 1.00 e. The van der Waals surface area contributed by atoms with Crippen molar-refractivity contribution in [2.45, 2.75) is 110 Å². The summed E-state index contributed by atoms with van der Waals surface area (Å²) in [6.45, 7) is 11.4. The van der Waals surface area contributed by atoms with Gasteiger partial charge in [-0.1, -0.05) is 29.4 Å². The van der Waals surface area contributed by atoms with Gasteiger partial charge < -0.3 is 105 Å². The molecule has 10 heterocycles. The standard InChI is InChI=1S/C30H34N6O5.C21H28N2O6.C20H26N2O6.C10H12N4.C4H8O.Li.H3N2O.H2O/c1-18-24-8-6-20(13-25(24)34(2)32-18)28-31-29(41-33-28)19-9-11-35(12-10-19)30(38)22-14-27(37)36(17-22)16-21-5-7-23(39-3)15-26(21)40-4;1-27-17-5-4-15(18(11-17)28-2)12-23-13-16(10-19(23)24)20(25)22-8-6-14(7-9-22)21(26)29-3;1-27-16-4-3-14(17(10-16)28-2)11-22-12-15(9-18(22)23)19(24)21-7-5-13(6-8-21)20(25)26;1-6-8-4-3-7(10(11)12)5-9(8)14(2)13-6;1-2-4-5-3-1;;1-2-3;/h5-8,13,15,19,22H,9-12,14,16-17H2,1-4H3;4-5,11,14,16H,6-10,12-13H2,1-3H3;3-4,10,13,15H,5-9,11-12H2,1-2H3,(H,25,26);3-5H,1-2H3,(H3,11,12);1-4H2;;3H,1H2;1H2/q;;;;;+1;-1;. The van der Waals surface area contributed by atoms with Crippen molar-refractivity contribution in [3.05, 3.63) is 136 Å². The van der Waals surface area contributed by atoms with Gasteiger partial charge in [-0.25, -0.2) is 0 Å². The van der Waals surface area contributed by atoms with E-state index in [-0.39, 0.29) is 126 Å². The number of rotatable bonds is 20. The van der Waals surface area contributed by atoms with Crippen molar-refractivity contribution in [2.24, 2.45) is 55.3 Å². The summed E-state index contributed by atoms with van der Waals surface area (Å²) in [7, 11) is 14.7. The molecule has 3 unspecified atom stereocenters. The molecule has 654 valence electrons. The number of fused-ring (bicyclic) bond motifs is 2. The Balaban J connectivity index is 0.000000203. The number of aryl methyl sites for hydroxylation is 4. The quantitative estimate of drug-likeness (QED) is 0.0177. The van der Waals surface area contributed by atoms with Crippen LogP contribution in [0.15, 0.2) is 95.5 Å². The minimum atomic E-state index is -0.803. The van der Waals surface area contributed by atoms with E-state index >= 15 is 0 Å². The number of carboxylic acid groups (broad SMARTS) is 1. The number of hydrogen-bond acceptors (Lipinski definition) is 24. The van der Waals surface area contributed by atoms with E-state index in [9.17, 15) is 38.4 Å². The van der Waals surface area contributed by atoms with Gasteiger partial charge in [-0.15, -0.1) is 0 Å². The molecule has 0 saturated carbocycles. The van der Waals surface area contributed by atoms with Crippen LogP contribution in [-0.4, -0.2) is 250 Å². The van der Waals surface area contributed by atoms with Crippen LogP contribution in [0.4, 0.5) is 0 Å². The summed E-state index contributed by atoms with van der Waals surface area (Å²) < 4.78 is 51.0. The number of aliphatic carboxylic acids is 1. The molecule has 7 aliphatic rings. The van der Waals surface area contributed by atoms with Gasteiger partial charge in [-0.3, -0.25) is 53.1 Å². The number of nitrogens with zero attached hydrogens (tertiary/aromatic N) is 13. The van der Waals surface area contributed by atoms with Crippen molar-refractivity contribution in [3.8, 4) is 45.9 Å². The predicted octanol–water partition coefficient (Wildman–Crippen LogP) is 4.31. The first-order valence-corrected chi connectivity index (χ1v) is 40.0. The first-order chi connectivity index (χ1) is 57.7. The van der Waals surface area contributed by atoms with Gasteiger partial charge in [0, 0.05) is 188 Å². The van der Waals surface area contributed by atoms with Crippen LogP contribution in [-0.2, 0) is 81.6 Å². The van der Waals surface area contributed by atoms with Gasteiger partial charge in [-0.05, 0) is 114 Å². The van der Waals surface area contributed by atoms with E-state index in [1.54, 1.807) is 90.0 Å². The Hall–Kier alpha value is -11.4. The molecule has 6 amide bonds. The summed E-state index contributed by atoms with van der Waals surface area (Å²) in [5.41, 5.74) is 15.6. The first-order valence-electron chi connectivity index (χ1n) is 40.0. The molecule has 122 heavy (non-hydrogen) atoms. The number of benzene rings is 5. The third kappa shape index (κ3) is 24.3. The molecule has 7 fully saturated rings. The van der Waals surface area contributed by atoms with Crippen LogP contribution in [0, 0.1) is 48.8 Å². The zero-order valence-electron chi connectivity index (χ0n) is 71.6. The van der Waals surface area contributed by atoms with Gasteiger partial charge in [0.2, 0.25) is 47.2 Å². The van der Waals surface area contributed by atoms with Gasteiger partial charge in [0.05, 0.1) is 102 Å². The van der Waals surface area contributed by atoms with Gasteiger partial charge in [-0.2, -0.15) is 15.2 Å². The van der Waals surface area contributed by atoms with Gasteiger partial charge >= 0.3 is 30.8 Å². The number of piperidine rings is 3. The van der Waals surface area contributed by atoms with Crippen molar-refractivity contribution in [2.75, 3.05) is 122 Å². The molecule has 0 radical (unpaired) electrons. The normalized spacial score (nSPS) is 17.8. The van der Waals surface area contributed by atoms with Crippen molar-refractivity contribution in [1.82, 2.24) is 59.1 Å².